The Morgan fingerprint density at radius 3 is 2.55 bits per heavy atom. The Labute approximate surface area is 170 Å². The maximum atomic E-state index is 12.4. The molecule has 1 aliphatic rings. The van der Waals surface area contributed by atoms with Crippen molar-refractivity contribution in [1.29, 1.82) is 0 Å². The maximum absolute atomic E-state index is 12.4. The molecule has 0 bridgehead atoms. The van der Waals surface area contributed by atoms with Gasteiger partial charge in [-0.15, -0.1) is 10.2 Å². The van der Waals surface area contributed by atoms with E-state index in [2.05, 4.69) is 20.8 Å². The Morgan fingerprint density at radius 1 is 1.14 bits per heavy atom. The molecule has 1 aromatic carbocycles. The molecule has 8 heteroatoms. The fourth-order valence-corrected chi connectivity index (χ4v) is 3.22. The zero-order valence-corrected chi connectivity index (χ0v) is 17.1. The van der Waals surface area contributed by atoms with Crippen molar-refractivity contribution >= 4 is 23.5 Å². The van der Waals surface area contributed by atoms with E-state index < -0.39 is 0 Å². The smallest absolute Gasteiger partial charge is 0.409 e. The SMILES string of the molecule is CCOC(=O)N1CCC(Nc2ccc(C(=O)Nc3cc(C)ccc3C)nn2)CC1. The number of carbonyl (C=O) groups is 2. The van der Waals surface area contributed by atoms with Gasteiger partial charge in [0.25, 0.3) is 5.91 Å². The average molecular weight is 397 g/mol. The van der Waals surface area contributed by atoms with Crippen molar-refractivity contribution in [3.05, 3.63) is 47.2 Å². The highest BCUT2D eigenvalue weighted by atomic mass is 16.6. The number of benzene rings is 1. The van der Waals surface area contributed by atoms with Gasteiger partial charge in [-0.3, -0.25) is 4.79 Å². The molecule has 1 fully saturated rings. The number of anilines is 2. The molecule has 0 atom stereocenters. The molecule has 0 unspecified atom stereocenters. The maximum Gasteiger partial charge on any atom is 0.409 e. The molecule has 1 aromatic heterocycles. The Bertz CT molecular complexity index is 861. The van der Waals surface area contributed by atoms with Crippen molar-refractivity contribution < 1.29 is 14.3 Å². The van der Waals surface area contributed by atoms with Crippen LogP contribution < -0.4 is 10.6 Å². The van der Waals surface area contributed by atoms with Crippen molar-refractivity contribution in [2.24, 2.45) is 0 Å². The number of hydrogen-bond acceptors (Lipinski definition) is 6. The number of piperidine rings is 1. The van der Waals surface area contributed by atoms with Crippen molar-refractivity contribution in [1.82, 2.24) is 15.1 Å². The topological polar surface area (TPSA) is 96.5 Å². The lowest BCUT2D eigenvalue weighted by molar-refractivity contribution is 0.0982. The first-order valence-corrected chi connectivity index (χ1v) is 9.87. The van der Waals surface area contributed by atoms with E-state index >= 15 is 0 Å². The fourth-order valence-electron chi connectivity index (χ4n) is 3.22. The zero-order valence-electron chi connectivity index (χ0n) is 17.1. The predicted molar refractivity (Wildman–Crippen MR) is 111 cm³/mol. The molecule has 154 valence electrons. The lowest BCUT2D eigenvalue weighted by Gasteiger charge is -2.31. The molecule has 0 spiro atoms. The second-order valence-electron chi connectivity index (χ2n) is 7.18. The predicted octanol–water partition coefficient (Wildman–Crippen LogP) is 3.38. The number of nitrogens with one attached hydrogen (secondary N) is 2. The third-order valence-corrected chi connectivity index (χ3v) is 4.91. The standard InChI is InChI=1S/C21H27N5O3/c1-4-29-21(28)26-11-9-16(10-12-26)22-19-8-7-17(24-25-19)20(27)23-18-13-14(2)5-6-15(18)3/h5-8,13,16H,4,9-12H2,1-3H3,(H,22,25)(H,23,27). The molecule has 8 nitrogen and oxygen atoms in total. The van der Waals surface area contributed by atoms with Crippen LogP contribution in [-0.2, 0) is 4.74 Å². The van der Waals surface area contributed by atoms with Gasteiger partial charge in [0.05, 0.1) is 6.61 Å². The zero-order chi connectivity index (χ0) is 20.8. The number of aryl methyl sites for hydroxylation is 2. The molecule has 2 amide bonds. The van der Waals surface area contributed by atoms with Gasteiger partial charge in [0.1, 0.15) is 5.82 Å². The van der Waals surface area contributed by atoms with Gasteiger partial charge < -0.3 is 20.3 Å². The van der Waals surface area contributed by atoms with Crippen LogP contribution in [0.5, 0.6) is 0 Å². The Kier molecular flexibility index (Phi) is 6.64. The quantitative estimate of drug-likeness (QED) is 0.803. The minimum absolute atomic E-state index is 0.199. The van der Waals surface area contributed by atoms with Gasteiger partial charge in [-0.1, -0.05) is 12.1 Å². The number of ether oxygens (including phenoxy) is 1. The number of hydrogen-bond donors (Lipinski definition) is 2. The van der Waals surface area contributed by atoms with Crippen LogP contribution in [0.3, 0.4) is 0 Å². The largest absolute Gasteiger partial charge is 0.450 e. The first-order valence-electron chi connectivity index (χ1n) is 9.87. The van der Waals surface area contributed by atoms with Crippen LogP contribution in [0.1, 0.15) is 41.4 Å². The third-order valence-electron chi connectivity index (χ3n) is 4.91. The summed E-state index contributed by atoms with van der Waals surface area (Å²) in [6, 6.07) is 9.51. The number of carbonyl (C=O) groups excluding carboxylic acids is 2. The van der Waals surface area contributed by atoms with Crippen molar-refractivity contribution in [3.63, 3.8) is 0 Å². The molecule has 0 saturated carbocycles. The summed E-state index contributed by atoms with van der Waals surface area (Å²) < 4.78 is 5.03. The van der Waals surface area contributed by atoms with E-state index in [0.29, 0.717) is 25.5 Å². The van der Waals surface area contributed by atoms with Gasteiger partial charge in [0, 0.05) is 24.8 Å². The number of aromatic nitrogens is 2. The number of likely N-dealkylation sites (tertiary alicyclic amines) is 1. The molecule has 2 N–H and O–H groups in total. The molecule has 1 aliphatic heterocycles. The van der Waals surface area contributed by atoms with E-state index in [1.54, 1.807) is 24.0 Å². The first kappa shape index (κ1) is 20.6. The van der Waals surface area contributed by atoms with Crippen LogP contribution in [-0.4, -0.2) is 52.8 Å². The van der Waals surface area contributed by atoms with Gasteiger partial charge in [-0.05, 0) is 62.9 Å². The van der Waals surface area contributed by atoms with Crippen LogP contribution in [0.25, 0.3) is 0 Å². The van der Waals surface area contributed by atoms with E-state index in [1.807, 2.05) is 32.0 Å². The monoisotopic (exact) mass is 397 g/mol. The van der Waals surface area contributed by atoms with Crippen LogP contribution in [0.2, 0.25) is 0 Å². The van der Waals surface area contributed by atoms with E-state index in [-0.39, 0.29) is 23.7 Å². The van der Waals surface area contributed by atoms with Crippen LogP contribution in [0.15, 0.2) is 30.3 Å². The number of nitrogens with zero attached hydrogens (tertiary/aromatic N) is 3. The molecule has 3 rings (SSSR count). The van der Waals surface area contributed by atoms with Crippen molar-refractivity contribution in [3.8, 4) is 0 Å². The second kappa shape index (κ2) is 9.36. The molecular weight excluding hydrogens is 370 g/mol. The Balaban J connectivity index is 1.53. The highest BCUT2D eigenvalue weighted by molar-refractivity contribution is 6.03. The molecule has 29 heavy (non-hydrogen) atoms. The van der Waals surface area contributed by atoms with Crippen molar-refractivity contribution in [2.45, 2.75) is 39.7 Å². The average Bonchev–Trinajstić information content (AvgIpc) is 2.72. The van der Waals surface area contributed by atoms with Gasteiger partial charge in [-0.2, -0.15) is 0 Å². The highest BCUT2D eigenvalue weighted by Gasteiger charge is 2.23. The van der Waals surface area contributed by atoms with Gasteiger partial charge in [0.2, 0.25) is 0 Å². The first-order chi connectivity index (χ1) is 14.0. The molecule has 1 saturated heterocycles. The van der Waals surface area contributed by atoms with E-state index in [0.717, 1.165) is 29.7 Å². The summed E-state index contributed by atoms with van der Waals surface area (Å²) in [7, 11) is 0. The summed E-state index contributed by atoms with van der Waals surface area (Å²) in [5.74, 6) is 0.323. The van der Waals surface area contributed by atoms with Gasteiger partial charge in [-0.25, -0.2) is 4.79 Å². The summed E-state index contributed by atoms with van der Waals surface area (Å²) in [6.45, 7) is 7.39. The molecule has 0 aliphatic carbocycles. The highest BCUT2D eigenvalue weighted by Crippen LogP contribution is 2.18. The summed E-state index contributed by atoms with van der Waals surface area (Å²) in [6.07, 6.45) is 1.34. The van der Waals surface area contributed by atoms with Crippen LogP contribution in [0.4, 0.5) is 16.3 Å². The molecule has 2 aromatic rings. The second-order valence-corrected chi connectivity index (χ2v) is 7.18. The Hall–Kier alpha value is -3.16. The fraction of sp³-hybridized carbons (Fsp3) is 0.429. The molecular formula is C21H27N5O3. The van der Waals surface area contributed by atoms with E-state index in [9.17, 15) is 9.59 Å². The summed E-state index contributed by atoms with van der Waals surface area (Å²) in [5, 5.41) is 14.4. The Morgan fingerprint density at radius 2 is 1.90 bits per heavy atom. The van der Waals surface area contributed by atoms with Gasteiger partial charge >= 0.3 is 6.09 Å². The van der Waals surface area contributed by atoms with Crippen LogP contribution >= 0.6 is 0 Å². The van der Waals surface area contributed by atoms with Gasteiger partial charge in [0.15, 0.2) is 5.69 Å². The number of rotatable bonds is 5. The number of amides is 2. The minimum Gasteiger partial charge on any atom is -0.450 e. The lowest BCUT2D eigenvalue weighted by atomic mass is 10.1. The molecule has 0 radical (unpaired) electrons. The minimum atomic E-state index is -0.291. The van der Waals surface area contributed by atoms with E-state index in [1.165, 1.54) is 0 Å². The molecule has 2 heterocycles. The summed E-state index contributed by atoms with van der Waals surface area (Å²) in [5.41, 5.74) is 3.09. The summed E-state index contributed by atoms with van der Waals surface area (Å²) >= 11 is 0. The summed E-state index contributed by atoms with van der Waals surface area (Å²) in [4.78, 5) is 25.9. The van der Waals surface area contributed by atoms with Crippen molar-refractivity contribution in [2.75, 3.05) is 30.3 Å². The third kappa shape index (κ3) is 5.43. The normalized spacial score (nSPS) is 14.4. The lowest BCUT2D eigenvalue weighted by Crippen LogP contribution is -2.42. The van der Waals surface area contributed by atoms with E-state index in [4.69, 9.17) is 4.74 Å². The van der Waals surface area contributed by atoms with Crippen LogP contribution in [0, 0.1) is 13.8 Å².